The predicted octanol–water partition coefficient (Wildman–Crippen LogP) is 0.940. The minimum Gasteiger partial charge on any atom is -0.480 e. The molecule has 2 atom stereocenters. The SMILES string of the molecule is CCCNC(=O)C(C)NC(=O)N1CCCCCC1C(=O)O. The highest BCUT2D eigenvalue weighted by atomic mass is 16.4. The monoisotopic (exact) mass is 299 g/mol. The van der Waals surface area contributed by atoms with Crippen molar-refractivity contribution in [3.63, 3.8) is 0 Å². The van der Waals surface area contributed by atoms with Crippen molar-refractivity contribution in [2.75, 3.05) is 13.1 Å². The highest BCUT2D eigenvalue weighted by Crippen LogP contribution is 2.17. The Morgan fingerprint density at radius 3 is 2.62 bits per heavy atom. The van der Waals surface area contributed by atoms with Gasteiger partial charge in [-0.15, -0.1) is 0 Å². The van der Waals surface area contributed by atoms with E-state index in [2.05, 4.69) is 10.6 Å². The summed E-state index contributed by atoms with van der Waals surface area (Å²) in [6.07, 6.45) is 3.78. The fourth-order valence-electron chi connectivity index (χ4n) is 2.34. The van der Waals surface area contributed by atoms with Gasteiger partial charge in [0.05, 0.1) is 0 Å². The third-order valence-corrected chi connectivity index (χ3v) is 3.58. The van der Waals surface area contributed by atoms with E-state index < -0.39 is 24.1 Å². The Morgan fingerprint density at radius 1 is 1.29 bits per heavy atom. The van der Waals surface area contributed by atoms with Gasteiger partial charge < -0.3 is 20.6 Å². The molecule has 0 radical (unpaired) electrons. The van der Waals surface area contributed by atoms with Crippen LogP contribution in [0.15, 0.2) is 0 Å². The molecule has 3 N–H and O–H groups in total. The van der Waals surface area contributed by atoms with Gasteiger partial charge in [0.25, 0.3) is 0 Å². The largest absolute Gasteiger partial charge is 0.480 e. The maximum absolute atomic E-state index is 12.2. The number of carbonyl (C=O) groups is 3. The number of nitrogens with one attached hydrogen (secondary N) is 2. The molecule has 0 aliphatic carbocycles. The van der Waals surface area contributed by atoms with Gasteiger partial charge in [0, 0.05) is 13.1 Å². The van der Waals surface area contributed by atoms with E-state index in [1.54, 1.807) is 6.92 Å². The molecule has 3 amide bonds. The molecule has 0 aromatic rings. The molecule has 120 valence electrons. The van der Waals surface area contributed by atoms with Crippen LogP contribution in [0.3, 0.4) is 0 Å². The van der Waals surface area contributed by atoms with Crippen molar-refractivity contribution in [2.24, 2.45) is 0 Å². The fraction of sp³-hybridized carbons (Fsp3) is 0.786. The summed E-state index contributed by atoms with van der Waals surface area (Å²) in [7, 11) is 0. The molecule has 0 aromatic carbocycles. The Balaban J connectivity index is 2.62. The Kier molecular flexibility index (Phi) is 6.98. The molecule has 1 saturated heterocycles. The Hall–Kier alpha value is -1.79. The van der Waals surface area contributed by atoms with Crippen molar-refractivity contribution in [3.8, 4) is 0 Å². The van der Waals surface area contributed by atoms with Crippen LogP contribution in [-0.2, 0) is 9.59 Å². The van der Waals surface area contributed by atoms with Gasteiger partial charge in [0.2, 0.25) is 5.91 Å². The molecule has 1 aliphatic heterocycles. The molecule has 7 heteroatoms. The quantitative estimate of drug-likeness (QED) is 0.703. The number of urea groups is 1. The van der Waals surface area contributed by atoms with Crippen LogP contribution in [0.2, 0.25) is 0 Å². The molecule has 1 rings (SSSR count). The van der Waals surface area contributed by atoms with E-state index in [9.17, 15) is 19.5 Å². The van der Waals surface area contributed by atoms with Crippen molar-refractivity contribution in [3.05, 3.63) is 0 Å². The molecule has 0 spiro atoms. The first-order chi connectivity index (χ1) is 9.97. The molecule has 2 unspecified atom stereocenters. The summed E-state index contributed by atoms with van der Waals surface area (Å²) >= 11 is 0. The Bertz CT molecular complexity index is 386. The maximum Gasteiger partial charge on any atom is 0.326 e. The van der Waals surface area contributed by atoms with Crippen LogP contribution in [0.4, 0.5) is 4.79 Å². The number of nitrogens with zero attached hydrogens (tertiary/aromatic N) is 1. The number of carboxylic acid groups (broad SMARTS) is 1. The van der Waals surface area contributed by atoms with Gasteiger partial charge in [-0.2, -0.15) is 0 Å². The first-order valence-corrected chi connectivity index (χ1v) is 7.55. The van der Waals surface area contributed by atoms with Gasteiger partial charge in [-0.25, -0.2) is 9.59 Å². The number of hydrogen-bond acceptors (Lipinski definition) is 3. The van der Waals surface area contributed by atoms with Crippen LogP contribution >= 0.6 is 0 Å². The molecular weight excluding hydrogens is 274 g/mol. The number of carbonyl (C=O) groups excluding carboxylic acids is 2. The van der Waals surface area contributed by atoms with Crippen molar-refractivity contribution >= 4 is 17.9 Å². The van der Waals surface area contributed by atoms with E-state index in [0.29, 0.717) is 19.5 Å². The average molecular weight is 299 g/mol. The Labute approximate surface area is 125 Å². The lowest BCUT2D eigenvalue weighted by Crippen LogP contribution is -2.54. The normalized spacial score (nSPS) is 20.3. The molecule has 1 fully saturated rings. The summed E-state index contributed by atoms with van der Waals surface area (Å²) in [4.78, 5) is 36.6. The second-order valence-corrected chi connectivity index (χ2v) is 5.36. The van der Waals surface area contributed by atoms with E-state index in [4.69, 9.17) is 0 Å². The summed E-state index contributed by atoms with van der Waals surface area (Å²) in [5.74, 6) is -1.25. The second kappa shape index (κ2) is 8.49. The zero-order valence-corrected chi connectivity index (χ0v) is 12.7. The first-order valence-electron chi connectivity index (χ1n) is 7.55. The van der Waals surface area contributed by atoms with E-state index in [-0.39, 0.29) is 5.91 Å². The van der Waals surface area contributed by atoms with E-state index in [1.165, 1.54) is 4.90 Å². The smallest absolute Gasteiger partial charge is 0.326 e. The van der Waals surface area contributed by atoms with Crippen molar-refractivity contribution in [1.29, 1.82) is 0 Å². The highest BCUT2D eigenvalue weighted by Gasteiger charge is 2.31. The van der Waals surface area contributed by atoms with Gasteiger partial charge in [0.1, 0.15) is 12.1 Å². The number of likely N-dealkylation sites (tertiary alicyclic amines) is 1. The number of carboxylic acids is 1. The van der Waals surface area contributed by atoms with Crippen LogP contribution in [0.25, 0.3) is 0 Å². The predicted molar refractivity (Wildman–Crippen MR) is 77.9 cm³/mol. The zero-order valence-electron chi connectivity index (χ0n) is 12.7. The standard InChI is InChI=1S/C14H25N3O4/c1-3-8-15-12(18)10(2)16-14(21)17-9-6-4-5-7-11(17)13(19)20/h10-11H,3-9H2,1-2H3,(H,15,18)(H,16,21)(H,19,20). The van der Waals surface area contributed by atoms with E-state index in [1.807, 2.05) is 6.92 Å². The summed E-state index contributed by atoms with van der Waals surface area (Å²) < 4.78 is 0. The fourth-order valence-corrected chi connectivity index (χ4v) is 2.34. The summed E-state index contributed by atoms with van der Waals surface area (Å²) in [6.45, 7) is 4.50. The molecule has 0 aromatic heterocycles. The topological polar surface area (TPSA) is 98.7 Å². The lowest BCUT2D eigenvalue weighted by Gasteiger charge is -2.28. The number of amides is 3. The van der Waals surface area contributed by atoms with Gasteiger partial charge in [-0.05, 0) is 26.2 Å². The Morgan fingerprint density at radius 2 is 2.00 bits per heavy atom. The third kappa shape index (κ3) is 5.24. The minimum atomic E-state index is -0.991. The second-order valence-electron chi connectivity index (χ2n) is 5.36. The minimum absolute atomic E-state index is 0.258. The summed E-state index contributed by atoms with van der Waals surface area (Å²) in [5, 5.41) is 14.5. The summed E-state index contributed by atoms with van der Waals surface area (Å²) in [6, 6.07) is -1.97. The van der Waals surface area contributed by atoms with Crippen molar-refractivity contribution < 1.29 is 19.5 Å². The average Bonchev–Trinajstić information content (AvgIpc) is 2.70. The zero-order chi connectivity index (χ0) is 15.8. The number of aliphatic carboxylic acids is 1. The lowest BCUT2D eigenvalue weighted by molar-refractivity contribution is -0.142. The van der Waals surface area contributed by atoms with Crippen LogP contribution in [0.5, 0.6) is 0 Å². The highest BCUT2D eigenvalue weighted by molar-refractivity contribution is 5.88. The maximum atomic E-state index is 12.2. The van der Waals surface area contributed by atoms with E-state index in [0.717, 1.165) is 25.7 Å². The molecular formula is C14H25N3O4. The number of hydrogen-bond donors (Lipinski definition) is 3. The van der Waals surface area contributed by atoms with E-state index >= 15 is 0 Å². The number of rotatable bonds is 5. The van der Waals surface area contributed by atoms with Crippen molar-refractivity contribution in [2.45, 2.75) is 58.0 Å². The van der Waals surface area contributed by atoms with Gasteiger partial charge in [0.15, 0.2) is 0 Å². The molecule has 1 heterocycles. The van der Waals surface area contributed by atoms with Gasteiger partial charge >= 0.3 is 12.0 Å². The van der Waals surface area contributed by atoms with Gasteiger partial charge in [-0.3, -0.25) is 4.79 Å². The molecule has 21 heavy (non-hydrogen) atoms. The van der Waals surface area contributed by atoms with Crippen LogP contribution in [0.1, 0.15) is 46.0 Å². The third-order valence-electron chi connectivity index (χ3n) is 3.58. The van der Waals surface area contributed by atoms with Crippen LogP contribution in [-0.4, -0.2) is 53.1 Å². The lowest BCUT2D eigenvalue weighted by atomic mass is 10.1. The van der Waals surface area contributed by atoms with Crippen LogP contribution in [0, 0.1) is 0 Å². The molecule has 0 saturated carbocycles. The molecule has 0 bridgehead atoms. The van der Waals surface area contributed by atoms with Gasteiger partial charge in [-0.1, -0.05) is 19.8 Å². The molecule has 1 aliphatic rings. The van der Waals surface area contributed by atoms with Crippen molar-refractivity contribution in [1.82, 2.24) is 15.5 Å². The summed E-state index contributed by atoms with van der Waals surface area (Å²) in [5.41, 5.74) is 0. The first kappa shape index (κ1) is 17.3. The van der Waals surface area contributed by atoms with Crippen LogP contribution < -0.4 is 10.6 Å². The molecule has 7 nitrogen and oxygen atoms in total.